The van der Waals surface area contributed by atoms with Crippen LogP contribution in [0.3, 0.4) is 0 Å². The molecule has 1 aromatic heterocycles. The van der Waals surface area contributed by atoms with Crippen molar-refractivity contribution in [1.29, 1.82) is 0 Å². The third-order valence-corrected chi connectivity index (χ3v) is 8.75. The van der Waals surface area contributed by atoms with Crippen LogP contribution in [0.25, 0.3) is 10.9 Å². The Hall–Kier alpha value is -2.15. The molecule has 0 amide bonds. The Morgan fingerprint density at radius 3 is 2.50 bits per heavy atom. The summed E-state index contributed by atoms with van der Waals surface area (Å²) in [5.74, 6) is 0. The Morgan fingerprint density at radius 1 is 1.06 bits per heavy atom. The molecule has 32 heavy (non-hydrogen) atoms. The number of nitrogens with one attached hydrogen (secondary N) is 1. The predicted octanol–water partition coefficient (Wildman–Crippen LogP) is 5.58. The highest BCUT2D eigenvalue weighted by Crippen LogP contribution is 2.31. The van der Waals surface area contributed by atoms with Crippen molar-refractivity contribution < 1.29 is 8.42 Å². The van der Waals surface area contributed by atoms with E-state index in [2.05, 4.69) is 11.9 Å². The first-order chi connectivity index (χ1) is 15.3. The number of aromatic nitrogens is 1. The number of aryl methyl sites for hydroxylation is 2. The Labute approximate surface area is 194 Å². The molecular formula is C25H29ClN2O3S. The molecule has 1 heterocycles. The van der Waals surface area contributed by atoms with E-state index in [0.29, 0.717) is 10.6 Å². The Balaban J connectivity index is 1.78. The van der Waals surface area contributed by atoms with Crippen molar-refractivity contribution in [2.75, 3.05) is 0 Å². The number of pyridine rings is 1. The minimum Gasteiger partial charge on any atom is -0.322 e. The van der Waals surface area contributed by atoms with Crippen LogP contribution in [0, 0.1) is 6.92 Å². The molecule has 1 fully saturated rings. The van der Waals surface area contributed by atoms with Gasteiger partial charge < -0.3 is 4.98 Å². The number of rotatable bonds is 6. The second-order valence-electron chi connectivity index (χ2n) is 8.65. The molecule has 0 unspecified atom stereocenters. The first-order valence-electron chi connectivity index (χ1n) is 11.2. The van der Waals surface area contributed by atoms with Gasteiger partial charge in [0.1, 0.15) is 0 Å². The summed E-state index contributed by atoms with van der Waals surface area (Å²) >= 11 is 6.25. The van der Waals surface area contributed by atoms with Crippen LogP contribution in [-0.2, 0) is 23.0 Å². The highest BCUT2D eigenvalue weighted by molar-refractivity contribution is 7.89. The topological polar surface area (TPSA) is 70.2 Å². The van der Waals surface area contributed by atoms with Gasteiger partial charge in [0.2, 0.25) is 10.0 Å². The molecule has 0 aliphatic heterocycles. The third-order valence-electron chi connectivity index (χ3n) is 6.45. The minimum atomic E-state index is -3.82. The standard InChI is InChI=1S/C25H29ClN2O3S/c1-3-18-10-12-24-19(13-18)14-20(25(29)27-24)16-28(21-7-5-4-6-8-21)32(30,31)22-11-9-17(2)23(26)15-22/h9-15,21H,3-8,16H2,1-2H3,(H,27,29). The van der Waals surface area contributed by atoms with Crippen molar-refractivity contribution in [3.63, 3.8) is 0 Å². The number of hydrogen-bond donors (Lipinski definition) is 1. The summed E-state index contributed by atoms with van der Waals surface area (Å²) in [6.45, 7) is 3.97. The predicted molar refractivity (Wildman–Crippen MR) is 130 cm³/mol. The molecule has 1 saturated carbocycles. The monoisotopic (exact) mass is 472 g/mol. The zero-order valence-electron chi connectivity index (χ0n) is 18.5. The number of H-pyrrole nitrogens is 1. The number of nitrogens with zero attached hydrogens (tertiary/aromatic N) is 1. The van der Waals surface area contributed by atoms with Crippen LogP contribution in [0.15, 0.2) is 52.2 Å². The molecule has 0 saturated heterocycles. The average Bonchev–Trinajstić information content (AvgIpc) is 2.79. The summed E-state index contributed by atoms with van der Waals surface area (Å²) in [7, 11) is -3.82. The third kappa shape index (κ3) is 4.63. The largest absolute Gasteiger partial charge is 0.322 e. The maximum atomic E-state index is 13.7. The quantitative estimate of drug-likeness (QED) is 0.509. The normalized spacial score (nSPS) is 15.5. The molecule has 1 aliphatic carbocycles. The first kappa shape index (κ1) is 23.0. The molecule has 1 aliphatic rings. The lowest BCUT2D eigenvalue weighted by atomic mass is 9.95. The lowest BCUT2D eigenvalue weighted by Crippen LogP contribution is -2.42. The molecule has 170 valence electrons. The molecule has 5 nitrogen and oxygen atoms in total. The zero-order valence-corrected chi connectivity index (χ0v) is 20.1. The molecule has 3 aromatic rings. The molecule has 1 N–H and O–H groups in total. The van der Waals surface area contributed by atoms with Crippen molar-refractivity contribution in [1.82, 2.24) is 9.29 Å². The van der Waals surface area contributed by atoms with E-state index in [1.54, 1.807) is 12.1 Å². The second-order valence-corrected chi connectivity index (χ2v) is 10.9. The van der Waals surface area contributed by atoms with Crippen molar-refractivity contribution in [3.05, 3.63) is 74.5 Å². The van der Waals surface area contributed by atoms with Gasteiger partial charge in [-0.1, -0.05) is 49.9 Å². The molecule has 0 radical (unpaired) electrons. The molecule has 2 aromatic carbocycles. The molecule has 4 rings (SSSR count). The van der Waals surface area contributed by atoms with Crippen molar-refractivity contribution in [2.45, 2.75) is 69.9 Å². The van der Waals surface area contributed by atoms with Gasteiger partial charge >= 0.3 is 0 Å². The van der Waals surface area contributed by atoms with Gasteiger partial charge in [0.25, 0.3) is 5.56 Å². The van der Waals surface area contributed by atoms with Gasteiger partial charge in [0, 0.05) is 28.7 Å². The van der Waals surface area contributed by atoms with Crippen LogP contribution in [0.1, 0.15) is 55.7 Å². The van der Waals surface area contributed by atoms with Crippen LogP contribution in [0.2, 0.25) is 5.02 Å². The summed E-state index contributed by atoms with van der Waals surface area (Å²) in [5, 5.41) is 1.34. The van der Waals surface area contributed by atoms with Crippen molar-refractivity contribution in [3.8, 4) is 0 Å². The van der Waals surface area contributed by atoms with E-state index in [4.69, 9.17) is 11.6 Å². The number of hydrogen-bond acceptors (Lipinski definition) is 3. The van der Waals surface area contributed by atoms with E-state index in [1.165, 1.54) is 15.9 Å². The van der Waals surface area contributed by atoms with Crippen molar-refractivity contribution in [2.24, 2.45) is 0 Å². The summed E-state index contributed by atoms with van der Waals surface area (Å²) in [6, 6.07) is 12.5. The Morgan fingerprint density at radius 2 is 1.81 bits per heavy atom. The van der Waals surface area contributed by atoms with Gasteiger partial charge in [0.15, 0.2) is 0 Å². The number of aromatic amines is 1. The fourth-order valence-electron chi connectivity index (χ4n) is 4.46. The smallest absolute Gasteiger partial charge is 0.252 e. The number of sulfonamides is 1. The maximum absolute atomic E-state index is 13.7. The molecule has 0 spiro atoms. The number of benzene rings is 2. The van der Waals surface area contributed by atoms with E-state index in [0.717, 1.165) is 55.0 Å². The lowest BCUT2D eigenvalue weighted by Gasteiger charge is -2.33. The highest BCUT2D eigenvalue weighted by Gasteiger charge is 2.33. The SMILES string of the molecule is CCc1ccc2[nH]c(=O)c(CN(C3CCCCC3)S(=O)(=O)c3ccc(C)c(Cl)c3)cc2c1. The van der Waals surface area contributed by atoms with Gasteiger partial charge in [-0.2, -0.15) is 4.31 Å². The first-order valence-corrected chi connectivity index (χ1v) is 13.0. The average molecular weight is 473 g/mol. The summed E-state index contributed by atoms with van der Waals surface area (Å²) in [5.41, 5.74) is 2.96. The molecule has 7 heteroatoms. The van der Waals surface area contributed by atoms with Gasteiger partial charge in [-0.25, -0.2) is 8.42 Å². The van der Waals surface area contributed by atoms with Crippen LogP contribution in [0.4, 0.5) is 0 Å². The Bertz CT molecular complexity index is 1290. The summed E-state index contributed by atoms with van der Waals surface area (Å²) in [6.07, 6.45) is 5.56. The second kappa shape index (κ2) is 9.38. The van der Waals surface area contributed by atoms with E-state index < -0.39 is 10.0 Å². The molecule has 0 bridgehead atoms. The Kier molecular flexibility index (Phi) is 6.75. The maximum Gasteiger partial charge on any atom is 0.252 e. The zero-order chi connectivity index (χ0) is 22.9. The van der Waals surface area contributed by atoms with E-state index >= 15 is 0 Å². The molecular weight excluding hydrogens is 444 g/mol. The van der Waals surface area contributed by atoms with Gasteiger partial charge in [-0.3, -0.25) is 4.79 Å². The lowest BCUT2D eigenvalue weighted by molar-refractivity contribution is 0.247. The van der Waals surface area contributed by atoms with Crippen molar-refractivity contribution >= 4 is 32.5 Å². The molecule has 0 atom stereocenters. The summed E-state index contributed by atoms with van der Waals surface area (Å²) in [4.78, 5) is 16.0. The minimum absolute atomic E-state index is 0.0418. The van der Waals surface area contributed by atoms with Crippen LogP contribution in [0.5, 0.6) is 0 Å². The number of fused-ring (bicyclic) bond motifs is 1. The van der Waals surface area contributed by atoms with E-state index in [-0.39, 0.29) is 23.0 Å². The fourth-order valence-corrected chi connectivity index (χ4v) is 6.39. The highest BCUT2D eigenvalue weighted by atomic mass is 35.5. The number of halogens is 1. The van der Waals surface area contributed by atoms with Crippen LogP contribution >= 0.6 is 11.6 Å². The van der Waals surface area contributed by atoms with Gasteiger partial charge in [-0.15, -0.1) is 0 Å². The fraction of sp³-hybridized carbons (Fsp3) is 0.400. The van der Waals surface area contributed by atoms with Crippen LogP contribution in [-0.4, -0.2) is 23.7 Å². The van der Waals surface area contributed by atoms with E-state index in [9.17, 15) is 13.2 Å². The van der Waals surface area contributed by atoms with E-state index in [1.807, 2.05) is 31.2 Å². The van der Waals surface area contributed by atoms with Crippen LogP contribution < -0.4 is 5.56 Å². The van der Waals surface area contributed by atoms with Gasteiger partial charge in [-0.05, 0) is 73.0 Å². The van der Waals surface area contributed by atoms with Gasteiger partial charge in [0.05, 0.1) is 4.90 Å². The summed E-state index contributed by atoms with van der Waals surface area (Å²) < 4.78 is 29.0.